The van der Waals surface area contributed by atoms with Gasteiger partial charge in [0.15, 0.2) is 6.10 Å². The van der Waals surface area contributed by atoms with Crippen molar-refractivity contribution >= 4 is 19.8 Å². The molecule has 10 heteroatoms. The van der Waals surface area contributed by atoms with Gasteiger partial charge in [0.25, 0.3) is 0 Å². The molecule has 55 heavy (non-hydrogen) atoms. The van der Waals surface area contributed by atoms with Crippen LogP contribution in [-0.4, -0.2) is 49.3 Å². The third-order valence-corrected chi connectivity index (χ3v) is 9.90. The Morgan fingerprint density at radius 2 is 0.982 bits per heavy atom. The molecule has 0 fully saturated rings. The van der Waals surface area contributed by atoms with Crippen LogP contribution in [0.15, 0.2) is 60.8 Å². The summed E-state index contributed by atoms with van der Waals surface area (Å²) in [5, 5.41) is 0. The van der Waals surface area contributed by atoms with E-state index in [1.54, 1.807) is 0 Å². The van der Waals surface area contributed by atoms with E-state index in [-0.39, 0.29) is 32.6 Å². The quantitative estimate of drug-likeness (QED) is 0.0269. The Balaban J connectivity index is 4.29. The predicted molar refractivity (Wildman–Crippen MR) is 229 cm³/mol. The lowest BCUT2D eigenvalue weighted by molar-refractivity contribution is -0.161. The molecule has 0 rings (SSSR count). The minimum atomic E-state index is -4.40. The van der Waals surface area contributed by atoms with E-state index >= 15 is 0 Å². The van der Waals surface area contributed by atoms with Crippen molar-refractivity contribution in [3.8, 4) is 0 Å². The average Bonchev–Trinajstić information content (AvgIpc) is 3.17. The largest absolute Gasteiger partial charge is 0.472 e. The highest BCUT2D eigenvalue weighted by Crippen LogP contribution is 2.43. The van der Waals surface area contributed by atoms with Gasteiger partial charge in [0.2, 0.25) is 0 Å². The number of unbranched alkanes of at least 4 members (excludes halogenated alkanes) is 17. The number of ether oxygens (including phenoxy) is 2. The van der Waals surface area contributed by atoms with Crippen molar-refractivity contribution in [2.75, 3.05) is 26.4 Å². The van der Waals surface area contributed by atoms with E-state index in [1.807, 2.05) is 12.2 Å². The van der Waals surface area contributed by atoms with Gasteiger partial charge in [-0.15, -0.1) is 0 Å². The topological polar surface area (TPSA) is 134 Å². The Bertz CT molecular complexity index is 1090. The molecule has 0 aromatic heterocycles. The van der Waals surface area contributed by atoms with Gasteiger partial charge in [-0.2, -0.15) is 0 Å². The highest BCUT2D eigenvalue weighted by Gasteiger charge is 2.25. The van der Waals surface area contributed by atoms with Crippen LogP contribution in [0.1, 0.15) is 181 Å². The van der Waals surface area contributed by atoms with E-state index in [1.165, 1.54) is 103 Å². The summed E-state index contributed by atoms with van der Waals surface area (Å²) < 4.78 is 32.7. The lowest BCUT2D eigenvalue weighted by atomic mass is 10.0. The summed E-state index contributed by atoms with van der Waals surface area (Å²) in [6.45, 7) is 3.62. The highest BCUT2D eigenvalue weighted by atomic mass is 31.2. The summed E-state index contributed by atoms with van der Waals surface area (Å²) in [6.07, 6.45) is 48.3. The van der Waals surface area contributed by atoms with Gasteiger partial charge in [0.1, 0.15) is 6.61 Å². The maximum atomic E-state index is 12.5. The van der Waals surface area contributed by atoms with Crippen molar-refractivity contribution < 1.29 is 37.6 Å². The first-order chi connectivity index (χ1) is 26.8. The molecule has 0 aromatic carbocycles. The van der Waals surface area contributed by atoms with Gasteiger partial charge < -0.3 is 20.1 Å². The molecule has 0 saturated carbocycles. The van der Waals surface area contributed by atoms with E-state index in [0.29, 0.717) is 6.42 Å². The third-order valence-electron chi connectivity index (χ3n) is 8.92. The first-order valence-electron chi connectivity index (χ1n) is 21.8. The van der Waals surface area contributed by atoms with E-state index in [9.17, 15) is 19.0 Å². The Labute approximate surface area is 336 Å². The van der Waals surface area contributed by atoms with E-state index < -0.39 is 32.5 Å². The predicted octanol–water partition coefficient (Wildman–Crippen LogP) is 12.5. The number of carbonyl (C=O) groups is 2. The molecule has 318 valence electrons. The second kappa shape index (κ2) is 41.3. The van der Waals surface area contributed by atoms with Crippen LogP contribution in [0.25, 0.3) is 0 Å². The number of allylic oxidation sites excluding steroid dienone is 10. The zero-order valence-corrected chi connectivity index (χ0v) is 35.8. The summed E-state index contributed by atoms with van der Waals surface area (Å²) in [5.74, 6) is -0.924. The minimum Gasteiger partial charge on any atom is -0.462 e. The molecule has 0 aromatic rings. The SMILES string of the molecule is CCCCC/C=C\C/C=C\C/C=C\C/C=C\C/C=C\CCC(=O)OC(COC(=O)CCCCCCCCCCCCCCCCC)COP(=O)(O)OCCN. The van der Waals surface area contributed by atoms with Gasteiger partial charge >= 0.3 is 19.8 Å². The summed E-state index contributed by atoms with van der Waals surface area (Å²) in [6, 6.07) is 0. The molecule has 0 heterocycles. The van der Waals surface area contributed by atoms with Crippen molar-refractivity contribution in [3.05, 3.63) is 60.8 Å². The van der Waals surface area contributed by atoms with Crippen molar-refractivity contribution in [1.82, 2.24) is 0 Å². The maximum Gasteiger partial charge on any atom is 0.472 e. The number of rotatable bonds is 40. The zero-order valence-electron chi connectivity index (χ0n) is 34.9. The fourth-order valence-electron chi connectivity index (χ4n) is 5.68. The molecule has 0 saturated heterocycles. The standard InChI is InChI=1S/C45H80NO8P/c1-3-5-7-9-11-13-15-17-19-20-21-22-24-26-28-30-32-34-36-38-45(48)54-43(42-53-55(49,50)52-40-39-46)41-51-44(47)37-35-33-31-29-27-25-23-18-16-14-12-10-8-6-4-2/h11,13,17,19,21-22,26,28,32,34,43H,3-10,12,14-16,18,20,23-25,27,29-31,33,35-42,46H2,1-2H3,(H,49,50)/b13-11-,19-17-,22-21-,28-26-,34-32-. The third kappa shape index (κ3) is 41.2. The molecule has 0 radical (unpaired) electrons. The van der Waals surface area contributed by atoms with Crippen molar-refractivity contribution in [2.45, 2.75) is 187 Å². The molecule has 2 atom stereocenters. The van der Waals surface area contributed by atoms with Crippen LogP contribution < -0.4 is 5.73 Å². The first-order valence-corrected chi connectivity index (χ1v) is 23.3. The summed E-state index contributed by atoms with van der Waals surface area (Å²) in [5.41, 5.74) is 5.34. The summed E-state index contributed by atoms with van der Waals surface area (Å²) in [7, 11) is -4.40. The maximum absolute atomic E-state index is 12.5. The van der Waals surface area contributed by atoms with Gasteiger partial charge in [-0.3, -0.25) is 18.6 Å². The van der Waals surface area contributed by atoms with Gasteiger partial charge in [-0.05, 0) is 51.4 Å². The minimum absolute atomic E-state index is 0.0409. The van der Waals surface area contributed by atoms with E-state index in [4.69, 9.17) is 24.3 Å². The number of phosphoric ester groups is 1. The molecule has 0 amide bonds. The molecule has 0 aliphatic heterocycles. The van der Waals surface area contributed by atoms with Crippen molar-refractivity contribution in [1.29, 1.82) is 0 Å². The smallest absolute Gasteiger partial charge is 0.462 e. The fourth-order valence-corrected chi connectivity index (χ4v) is 6.44. The number of hydrogen-bond donors (Lipinski definition) is 2. The molecule has 9 nitrogen and oxygen atoms in total. The Hall–Kier alpha value is -2.29. The summed E-state index contributed by atoms with van der Waals surface area (Å²) >= 11 is 0. The number of nitrogens with two attached hydrogens (primary N) is 1. The Morgan fingerprint density at radius 1 is 0.545 bits per heavy atom. The van der Waals surface area contributed by atoms with Gasteiger partial charge in [-0.25, -0.2) is 4.57 Å². The van der Waals surface area contributed by atoms with Crippen LogP contribution in [0.2, 0.25) is 0 Å². The highest BCUT2D eigenvalue weighted by molar-refractivity contribution is 7.47. The van der Waals surface area contributed by atoms with Crippen LogP contribution in [-0.2, 0) is 32.7 Å². The van der Waals surface area contributed by atoms with Crippen LogP contribution >= 0.6 is 7.82 Å². The fraction of sp³-hybridized carbons (Fsp3) is 0.733. The molecule has 0 bridgehead atoms. The number of carbonyl (C=O) groups excluding carboxylic acids is 2. The van der Waals surface area contributed by atoms with Gasteiger partial charge in [0, 0.05) is 19.4 Å². The van der Waals surface area contributed by atoms with Crippen molar-refractivity contribution in [2.24, 2.45) is 5.73 Å². The van der Waals surface area contributed by atoms with Crippen LogP contribution in [0.5, 0.6) is 0 Å². The monoisotopic (exact) mass is 794 g/mol. The normalized spacial score (nSPS) is 13.9. The average molecular weight is 794 g/mol. The molecule has 0 aliphatic carbocycles. The molecular formula is C45H80NO8P. The second-order valence-corrected chi connectivity index (χ2v) is 15.7. The van der Waals surface area contributed by atoms with Gasteiger partial charge in [-0.1, -0.05) is 177 Å². The van der Waals surface area contributed by atoms with Crippen LogP contribution in [0, 0.1) is 0 Å². The van der Waals surface area contributed by atoms with Gasteiger partial charge in [0.05, 0.1) is 13.2 Å². The number of esters is 2. The summed E-state index contributed by atoms with van der Waals surface area (Å²) in [4.78, 5) is 34.8. The zero-order chi connectivity index (χ0) is 40.3. The lowest BCUT2D eigenvalue weighted by Crippen LogP contribution is -2.29. The molecule has 2 unspecified atom stereocenters. The Morgan fingerprint density at radius 3 is 1.47 bits per heavy atom. The molecule has 0 spiro atoms. The Kier molecular flexibility index (Phi) is 39.6. The number of phosphoric acid groups is 1. The molecule has 3 N–H and O–H groups in total. The molecular weight excluding hydrogens is 713 g/mol. The first kappa shape index (κ1) is 52.7. The lowest BCUT2D eigenvalue weighted by Gasteiger charge is -2.19. The van der Waals surface area contributed by atoms with Crippen LogP contribution in [0.4, 0.5) is 0 Å². The van der Waals surface area contributed by atoms with Crippen molar-refractivity contribution in [3.63, 3.8) is 0 Å². The van der Waals surface area contributed by atoms with E-state index in [2.05, 4.69) is 62.5 Å². The number of hydrogen-bond acceptors (Lipinski definition) is 8. The van der Waals surface area contributed by atoms with E-state index in [0.717, 1.165) is 44.9 Å². The second-order valence-electron chi connectivity index (χ2n) is 14.2. The van der Waals surface area contributed by atoms with Crippen LogP contribution in [0.3, 0.4) is 0 Å². The molecule has 0 aliphatic rings.